The molecule has 0 amide bonds. The third-order valence-corrected chi connectivity index (χ3v) is 2.89. The Morgan fingerprint density at radius 1 is 1.50 bits per heavy atom. The van der Waals surface area contributed by atoms with Gasteiger partial charge in [0.25, 0.3) is 0 Å². The fraction of sp³-hybridized carbons (Fsp3) is 0.308. The number of benzene rings is 1. The molecule has 0 saturated carbocycles. The van der Waals surface area contributed by atoms with Crippen molar-refractivity contribution in [3.05, 3.63) is 30.0 Å². The first kappa shape index (κ1) is 12.4. The average molecular weight is 248 g/mol. The Labute approximate surface area is 105 Å². The number of nitrogens with two attached hydrogens (primary N) is 1. The lowest BCUT2D eigenvalue weighted by Gasteiger charge is -2.03. The van der Waals surface area contributed by atoms with Crippen LogP contribution < -0.4 is 10.5 Å². The molecule has 96 valence electrons. The third-order valence-electron chi connectivity index (χ3n) is 2.89. The topological polar surface area (TPSA) is 77.5 Å². The highest BCUT2D eigenvalue weighted by Crippen LogP contribution is 2.26. The van der Waals surface area contributed by atoms with E-state index in [1.807, 2.05) is 24.4 Å². The normalized spacial score (nSPS) is 10.8. The van der Waals surface area contributed by atoms with E-state index in [2.05, 4.69) is 0 Å². The molecule has 0 aliphatic heterocycles. The second-order valence-electron chi connectivity index (χ2n) is 4.10. The lowest BCUT2D eigenvalue weighted by atomic mass is 10.1. The molecule has 0 aliphatic rings. The Balaban J connectivity index is 2.56. The second kappa shape index (κ2) is 5.10. The number of hydrogen-bond acceptors (Lipinski definition) is 3. The standard InChI is InChI=1S/C13H16N2O3/c1-18-10-2-3-11-9(4-5-14)7-15(8-13(16)17)12(11)6-10/h2-3,6-7H,4-5,8,14H2,1H3,(H,16,17). The molecule has 1 aromatic carbocycles. The number of hydrogen-bond donors (Lipinski definition) is 2. The summed E-state index contributed by atoms with van der Waals surface area (Å²) < 4.78 is 6.88. The Morgan fingerprint density at radius 2 is 2.28 bits per heavy atom. The SMILES string of the molecule is COc1ccc2c(CCN)cn(CC(=O)O)c2c1. The average Bonchev–Trinajstić information content (AvgIpc) is 2.67. The van der Waals surface area contributed by atoms with Crippen LogP contribution in [0.2, 0.25) is 0 Å². The van der Waals surface area contributed by atoms with Crippen LogP contribution >= 0.6 is 0 Å². The van der Waals surface area contributed by atoms with Gasteiger partial charge in [0.2, 0.25) is 0 Å². The zero-order valence-electron chi connectivity index (χ0n) is 10.2. The van der Waals surface area contributed by atoms with Gasteiger partial charge in [-0.2, -0.15) is 0 Å². The fourth-order valence-electron chi connectivity index (χ4n) is 2.11. The van der Waals surface area contributed by atoms with Crippen molar-refractivity contribution in [1.29, 1.82) is 0 Å². The molecule has 0 bridgehead atoms. The number of aromatic nitrogens is 1. The van der Waals surface area contributed by atoms with Gasteiger partial charge in [0.15, 0.2) is 0 Å². The highest BCUT2D eigenvalue weighted by Gasteiger charge is 2.11. The summed E-state index contributed by atoms with van der Waals surface area (Å²) in [6.07, 6.45) is 2.58. The number of carboxylic acids is 1. The summed E-state index contributed by atoms with van der Waals surface area (Å²) in [7, 11) is 1.59. The number of rotatable bonds is 5. The van der Waals surface area contributed by atoms with Crippen LogP contribution in [-0.4, -0.2) is 29.3 Å². The molecule has 5 heteroatoms. The third kappa shape index (κ3) is 2.31. The van der Waals surface area contributed by atoms with Gasteiger partial charge in [-0.05, 0) is 30.7 Å². The number of methoxy groups -OCH3 is 1. The van der Waals surface area contributed by atoms with E-state index in [0.717, 1.165) is 22.9 Å². The minimum Gasteiger partial charge on any atom is -0.497 e. The van der Waals surface area contributed by atoms with E-state index in [1.165, 1.54) is 0 Å². The molecule has 0 unspecified atom stereocenters. The van der Waals surface area contributed by atoms with Crippen LogP contribution in [0.15, 0.2) is 24.4 Å². The van der Waals surface area contributed by atoms with Gasteiger partial charge in [-0.15, -0.1) is 0 Å². The van der Waals surface area contributed by atoms with E-state index in [-0.39, 0.29) is 6.54 Å². The summed E-state index contributed by atoms with van der Waals surface area (Å²) in [6.45, 7) is 0.479. The van der Waals surface area contributed by atoms with Crippen molar-refractivity contribution in [2.45, 2.75) is 13.0 Å². The summed E-state index contributed by atoms with van der Waals surface area (Å²) >= 11 is 0. The maximum absolute atomic E-state index is 10.9. The van der Waals surface area contributed by atoms with Crippen LogP contribution in [0.25, 0.3) is 10.9 Å². The molecule has 2 aromatic rings. The van der Waals surface area contributed by atoms with Crippen molar-refractivity contribution in [2.75, 3.05) is 13.7 Å². The Morgan fingerprint density at radius 3 is 2.89 bits per heavy atom. The Hall–Kier alpha value is -2.01. The molecular weight excluding hydrogens is 232 g/mol. The highest BCUT2D eigenvalue weighted by atomic mass is 16.5. The molecule has 18 heavy (non-hydrogen) atoms. The van der Waals surface area contributed by atoms with Crippen LogP contribution in [-0.2, 0) is 17.8 Å². The number of nitrogens with zero attached hydrogens (tertiary/aromatic N) is 1. The van der Waals surface area contributed by atoms with Crippen LogP contribution in [0.1, 0.15) is 5.56 Å². The molecule has 0 fully saturated rings. The van der Waals surface area contributed by atoms with E-state index in [4.69, 9.17) is 15.6 Å². The first-order valence-corrected chi connectivity index (χ1v) is 5.73. The molecule has 0 aliphatic carbocycles. The van der Waals surface area contributed by atoms with Gasteiger partial charge in [0, 0.05) is 17.6 Å². The maximum Gasteiger partial charge on any atom is 0.323 e. The van der Waals surface area contributed by atoms with Gasteiger partial charge >= 0.3 is 5.97 Å². The van der Waals surface area contributed by atoms with Crippen molar-refractivity contribution < 1.29 is 14.6 Å². The van der Waals surface area contributed by atoms with Crippen molar-refractivity contribution in [3.8, 4) is 5.75 Å². The minimum absolute atomic E-state index is 0.0613. The lowest BCUT2D eigenvalue weighted by molar-refractivity contribution is -0.137. The smallest absolute Gasteiger partial charge is 0.323 e. The number of ether oxygens (including phenoxy) is 1. The molecule has 0 spiro atoms. The van der Waals surface area contributed by atoms with Crippen LogP contribution in [0.4, 0.5) is 0 Å². The van der Waals surface area contributed by atoms with Crippen LogP contribution in [0.3, 0.4) is 0 Å². The first-order chi connectivity index (χ1) is 8.65. The van der Waals surface area contributed by atoms with Gasteiger partial charge in [-0.3, -0.25) is 4.79 Å². The van der Waals surface area contributed by atoms with Crippen molar-refractivity contribution in [1.82, 2.24) is 4.57 Å². The zero-order valence-corrected chi connectivity index (χ0v) is 10.2. The van der Waals surface area contributed by atoms with Crippen molar-refractivity contribution in [2.24, 2.45) is 5.73 Å². The predicted molar refractivity (Wildman–Crippen MR) is 68.9 cm³/mol. The molecule has 1 aromatic heterocycles. The molecule has 0 saturated heterocycles. The molecule has 1 heterocycles. The monoisotopic (exact) mass is 248 g/mol. The number of aliphatic carboxylic acids is 1. The van der Waals surface area contributed by atoms with E-state index in [0.29, 0.717) is 12.3 Å². The highest BCUT2D eigenvalue weighted by molar-refractivity contribution is 5.86. The molecule has 2 rings (SSSR count). The summed E-state index contributed by atoms with van der Waals surface area (Å²) in [6, 6.07) is 5.66. The van der Waals surface area contributed by atoms with Crippen molar-refractivity contribution >= 4 is 16.9 Å². The van der Waals surface area contributed by atoms with E-state index in [9.17, 15) is 4.79 Å². The lowest BCUT2D eigenvalue weighted by Crippen LogP contribution is -2.07. The van der Waals surface area contributed by atoms with E-state index < -0.39 is 5.97 Å². The number of carbonyl (C=O) groups is 1. The molecule has 0 atom stereocenters. The molecular formula is C13H16N2O3. The first-order valence-electron chi connectivity index (χ1n) is 5.73. The second-order valence-corrected chi connectivity index (χ2v) is 4.10. The molecule has 5 nitrogen and oxygen atoms in total. The quantitative estimate of drug-likeness (QED) is 0.834. The van der Waals surface area contributed by atoms with E-state index in [1.54, 1.807) is 11.7 Å². The largest absolute Gasteiger partial charge is 0.497 e. The number of carboxylic acid groups (broad SMARTS) is 1. The predicted octanol–water partition coefficient (Wildman–Crippen LogP) is 1.24. The van der Waals surface area contributed by atoms with Gasteiger partial charge < -0.3 is 20.1 Å². The zero-order chi connectivity index (χ0) is 13.1. The molecule has 0 radical (unpaired) electrons. The van der Waals surface area contributed by atoms with Crippen LogP contribution in [0.5, 0.6) is 5.75 Å². The summed E-state index contributed by atoms with van der Waals surface area (Å²) in [5.74, 6) is -0.152. The Kier molecular flexibility index (Phi) is 3.53. The van der Waals surface area contributed by atoms with Gasteiger partial charge in [-0.1, -0.05) is 0 Å². The minimum atomic E-state index is -0.867. The fourth-order valence-corrected chi connectivity index (χ4v) is 2.11. The number of fused-ring (bicyclic) bond motifs is 1. The van der Waals surface area contributed by atoms with Crippen LogP contribution in [0, 0.1) is 0 Å². The maximum atomic E-state index is 10.9. The van der Waals surface area contributed by atoms with Crippen molar-refractivity contribution in [3.63, 3.8) is 0 Å². The Bertz CT molecular complexity index is 575. The van der Waals surface area contributed by atoms with Gasteiger partial charge in [0.1, 0.15) is 12.3 Å². The molecule has 3 N–H and O–H groups in total. The summed E-state index contributed by atoms with van der Waals surface area (Å²) in [5, 5.41) is 9.95. The van der Waals surface area contributed by atoms with Gasteiger partial charge in [-0.25, -0.2) is 0 Å². The van der Waals surface area contributed by atoms with E-state index >= 15 is 0 Å². The van der Waals surface area contributed by atoms with Gasteiger partial charge in [0.05, 0.1) is 12.6 Å². The summed E-state index contributed by atoms with van der Waals surface area (Å²) in [5.41, 5.74) is 7.50. The summed E-state index contributed by atoms with van der Waals surface area (Å²) in [4.78, 5) is 10.9.